The van der Waals surface area contributed by atoms with Crippen LogP contribution in [-0.4, -0.2) is 9.97 Å². The van der Waals surface area contributed by atoms with E-state index in [0.717, 1.165) is 15.6 Å². The van der Waals surface area contributed by atoms with Gasteiger partial charge < -0.3 is 9.72 Å². The zero-order chi connectivity index (χ0) is 15.8. The van der Waals surface area contributed by atoms with Crippen LogP contribution in [-0.2, 0) is 5.41 Å². The average Bonchev–Trinajstić information content (AvgIpc) is 2.33. The normalized spacial score (nSPS) is 11.5. The SMILES string of the molecule is Cc1cc(C)c(Oc2cnc(C(C)(C)C)[nH]c2=O)c(Br)c1. The number of rotatable bonds is 2. The summed E-state index contributed by atoms with van der Waals surface area (Å²) < 4.78 is 6.56. The predicted molar refractivity (Wildman–Crippen MR) is 87.2 cm³/mol. The van der Waals surface area contributed by atoms with Crippen LogP contribution in [0.15, 0.2) is 27.6 Å². The zero-order valence-corrected chi connectivity index (χ0v) is 14.5. The number of aryl methyl sites for hydroxylation is 2. The van der Waals surface area contributed by atoms with Crippen molar-refractivity contribution < 1.29 is 4.74 Å². The van der Waals surface area contributed by atoms with Crippen molar-refractivity contribution in [3.8, 4) is 11.5 Å². The number of benzene rings is 1. The maximum absolute atomic E-state index is 12.1. The van der Waals surface area contributed by atoms with Crippen LogP contribution in [0.3, 0.4) is 0 Å². The smallest absolute Gasteiger partial charge is 0.293 e. The molecule has 0 saturated heterocycles. The summed E-state index contributed by atoms with van der Waals surface area (Å²) in [6.07, 6.45) is 1.48. The second-order valence-corrected chi connectivity index (χ2v) is 7.02. The Morgan fingerprint density at radius 2 is 1.90 bits per heavy atom. The van der Waals surface area contributed by atoms with Gasteiger partial charge in [-0.05, 0) is 47.0 Å². The molecule has 2 rings (SSSR count). The molecule has 0 atom stereocenters. The van der Waals surface area contributed by atoms with E-state index in [1.54, 1.807) is 0 Å². The molecule has 0 aliphatic heterocycles. The van der Waals surface area contributed by atoms with Gasteiger partial charge in [0.15, 0.2) is 0 Å². The van der Waals surface area contributed by atoms with Gasteiger partial charge >= 0.3 is 0 Å². The summed E-state index contributed by atoms with van der Waals surface area (Å²) in [5.74, 6) is 1.46. The second kappa shape index (κ2) is 5.64. The van der Waals surface area contributed by atoms with Gasteiger partial charge in [0.1, 0.15) is 11.6 Å². The van der Waals surface area contributed by atoms with Crippen molar-refractivity contribution in [3.05, 3.63) is 50.1 Å². The third-order valence-electron chi connectivity index (χ3n) is 3.06. The fraction of sp³-hybridized carbons (Fsp3) is 0.375. The Labute approximate surface area is 132 Å². The molecule has 1 N–H and O–H groups in total. The number of nitrogens with one attached hydrogen (secondary N) is 1. The van der Waals surface area contributed by atoms with E-state index in [1.165, 1.54) is 6.20 Å². The van der Waals surface area contributed by atoms with Crippen molar-refractivity contribution >= 4 is 15.9 Å². The molecule has 0 fully saturated rings. The van der Waals surface area contributed by atoms with Gasteiger partial charge in [-0.2, -0.15) is 0 Å². The maximum Gasteiger partial charge on any atom is 0.293 e. The van der Waals surface area contributed by atoms with Crippen molar-refractivity contribution in [2.75, 3.05) is 0 Å². The van der Waals surface area contributed by atoms with Crippen molar-refractivity contribution in [3.63, 3.8) is 0 Å². The lowest BCUT2D eigenvalue weighted by Crippen LogP contribution is -2.22. The van der Waals surface area contributed by atoms with E-state index in [4.69, 9.17) is 4.74 Å². The molecular weight excluding hydrogens is 332 g/mol. The monoisotopic (exact) mass is 350 g/mol. The molecule has 21 heavy (non-hydrogen) atoms. The first-order valence-electron chi connectivity index (χ1n) is 6.73. The minimum Gasteiger partial charge on any atom is -0.448 e. The standard InChI is InChI=1S/C16H19BrN2O2/c1-9-6-10(2)13(11(17)7-9)21-12-8-18-15(16(3,4)5)19-14(12)20/h6-8H,1-5H3,(H,18,19,20). The lowest BCUT2D eigenvalue weighted by Gasteiger charge is -2.17. The molecule has 1 aromatic heterocycles. The summed E-state index contributed by atoms with van der Waals surface area (Å²) >= 11 is 3.47. The third-order valence-corrected chi connectivity index (χ3v) is 3.65. The summed E-state index contributed by atoms with van der Waals surface area (Å²) in [7, 11) is 0. The number of halogens is 1. The summed E-state index contributed by atoms with van der Waals surface area (Å²) in [5, 5.41) is 0. The molecule has 0 bridgehead atoms. The number of nitrogens with zero attached hydrogens (tertiary/aromatic N) is 1. The van der Waals surface area contributed by atoms with E-state index in [-0.39, 0.29) is 16.7 Å². The van der Waals surface area contributed by atoms with Gasteiger partial charge in [-0.25, -0.2) is 4.98 Å². The Morgan fingerprint density at radius 1 is 1.24 bits per heavy atom. The van der Waals surface area contributed by atoms with Crippen molar-refractivity contribution in [1.82, 2.24) is 9.97 Å². The summed E-state index contributed by atoms with van der Waals surface area (Å²) in [6.45, 7) is 9.93. The lowest BCUT2D eigenvalue weighted by atomic mass is 9.96. The molecule has 0 unspecified atom stereocenters. The van der Waals surface area contributed by atoms with Gasteiger partial charge in [0.05, 0.1) is 10.7 Å². The highest BCUT2D eigenvalue weighted by molar-refractivity contribution is 9.10. The molecule has 0 amide bonds. The van der Waals surface area contributed by atoms with E-state index >= 15 is 0 Å². The Kier molecular flexibility index (Phi) is 4.23. The maximum atomic E-state index is 12.1. The van der Waals surface area contributed by atoms with Crippen molar-refractivity contribution in [1.29, 1.82) is 0 Å². The van der Waals surface area contributed by atoms with Crippen LogP contribution in [0, 0.1) is 13.8 Å². The third kappa shape index (κ3) is 3.53. The van der Waals surface area contributed by atoms with E-state index in [0.29, 0.717) is 11.6 Å². The Hall–Kier alpha value is -1.62. The van der Waals surface area contributed by atoms with Crippen LogP contribution in [0.2, 0.25) is 0 Å². The number of hydrogen-bond donors (Lipinski definition) is 1. The number of aromatic nitrogens is 2. The average molecular weight is 351 g/mol. The molecule has 0 aliphatic carbocycles. The molecule has 0 spiro atoms. The molecule has 1 aromatic carbocycles. The number of hydrogen-bond acceptors (Lipinski definition) is 3. The summed E-state index contributed by atoms with van der Waals surface area (Å²) in [6, 6.07) is 3.96. The topological polar surface area (TPSA) is 55.0 Å². The zero-order valence-electron chi connectivity index (χ0n) is 12.9. The summed E-state index contributed by atoms with van der Waals surface area (Å²) in [5.41, 5.74) is 1.60. The molecule has 1 heterocycles. The first-order chi connectivity index (χ1) is 9.68. The Bertz CT molecular complexity index is 707. The van der Waals surface area contributed by atoms with Crippen LogP contribution in [0.1, 0.15) is 37.7 Å². The van der Waals surface area contributed by atoms with Gasteiger partial charge in [0.25, 0.3) is 5.56 Å². The molecule has 112 valence electrons. The highest BCUT2D eigenvalue weighted by atomic mass is 79.9. The number of ether oxygens (including phenoxy) is 1. The van der Waals surface area contributed by atoms with Gasteiger partial charge in [0, 0.05) is 5.41 Å². The van der Waals surface area contributed by atoms with Gasteiger partial charge in [-0.1, -0.05) is 26.8 Å². The van der Waals surface area contributed by atoms with Gasteiger partial charge in [0.2, 0.25) is 5.75 Å². The van der Waals surface area contributed by atoms with Crippen LogP contribution in [0.5, 0.6) is 11.5 Å². The molecule has 4 nitrogen and oxygen atoms in total. The lowest BCUT2D eigenvalue weighted by molar-refractivity contribution is 0.457. The Balaban J connectivity index is 2.40. The van der Waals surface area contributed by atoms with E-state index in [2.05, 4.69) is 25.9 Å². The first-order valence-corrected chi connectivity index (χ1v) is 7.52. The number of H-pyrrole nitrogens is 1. The van der Waals surface area contributed by atoms with Crippen molar-refractivity contribution in [2.24, 2.45) is 0 Å². The van der Waals surface area contributed by atoms with Crippen LogP contribution in [0.25, 0.3) is 0 Å². The van der Waals surface area contributed by atoms with Crippen LogP contribution < -0.4 is 10.3 Å². The van der Waals surface area contributed by atoms with Gasteiger partial charge in [-0.3, -0.25) is 4.79 Å². The molecule has 0 saturated carbocycles. The quantitative estimate of drug-likeness (QED) is 0.881. The second-order valence-electron chi connectivity index (χ2n) is 6.17. The molecule has 0 aliphatic rings. The largest absolute Gasteiger partial charge is 0.448 e. The molecule has 2 aromatic rings. The van der Waals surface area contributed by atoms with E-state index < -0.39 is 0 Å². The predicted octanol–water partition coefficient (Wildman–Crippen LogP) is 4.24. The van der Waals surface area contributed by atoms with E-state index in [9.17, 15) is 4.79 Å². The molecule has 0 radical (unpaired) electrons. The van der Waals surface area contributed by atoms with Crippen molar-refractivity contribution in [2.45, 2.75) is 40.0 Å². The van der Waals surface area contributed by atoms with Gasteiger partial charge in [-0.15, -0.1) is 0 Å². The summed E-state index contributed by atoms with van der Waals surface area (Å²) in [4.78, 5) is 19.2. The molecular formula is C16H19BrN2O2. The highest BCUT2D eigenvalue weighted by Gasteiger charge is 2.18. The van der Waals surface area contributed by atoms with E-state index in [1.807, 2.05) is 46.8 Å². The minimum atomic E-state index is -0.276. The first kappa shape index (κ1) is 15.8. The minimum absolute atomic E-state index is 0.190. The fourth-order valence-electron chi connectivity index (χ4n) is 1.98. The molecule has 5 heteroatoms. The van der Waals surface area contributed by atoms with Crippen LogP contribution in [0.4, 0.5) is 0 Å². The highest BCUT2D eigenvalue weighted by Crippen LogP contribution is 2.33. The Morgan fingerprint density at radius 3 is 2.43 bits per heavy atom. The fourth-order valence-corrected chi connectivity index (χ4v) is 2.73. The van der Waals surface area contributed by atoms with Crippen LogP contribution >= 0.6 is 15.9 Å². The number of aromatic amines is 1.